The van der Waals surface area contributed by atoms with E-state index in [0.717, 1.165) is 11.8 Å². The van der Waals surface area contributed by atoms with E-state index in [2.05, 4.69) is 5.18 Å². The molecule has 0 aliphatic carbocycles. The van der Waals surface area contributed by atoms with E-state index in [1.807, 2.05) is 0 Å². The lowest BCUT2D eigenvalue weighted by atomic mass is 10.0. The number of carbonyl (C=O) groups excluding carboxylic acids is 2. The molecule has 1 aliphatic heterocycles. The van der Waals surface area contributed by atoms with Crippen molar-refractivity contribution in [3.8, 4) is 11.5 Å². The molecule has 1 aromatic rings. The Morgan fingerprint density at radius 2 is 2.12 bits per heavy atom. The minimum Gasteiger partial charge on any atom is -0.462 e. The number of rotatable bonds is 8. The van der Waals surface area contributed by atoms with Crippen LogP contribution in [0.15, 0.2) is 23.4 Å². The number of hydrogen-bond donors (Lipinski definition) is 0. The molecule has 0 amide bonds. The van der Waals surface area contributed by atoms with Crippen LogP contribution >= 0.6 is 0 Å². The van der Waals surface area contributed by atoms with Crippen molar-refractivity contribution in [1.82, 2.24) is 0 Å². The van der Waals surface area contributed by atoms with Gasteiger partial charge in [-0.1, -0.05) is 6.07 Å². The Balaban J connectivity index is 2.19. The number of carbonyl (C=O) groups is 2. The average Bonchev–Trinajstić information content (AvgIpc) is 2.57. The van der Waals surface area contributed by atoms with Crippen molar-refractivity contribution in [1.29, 1.82) is 0 Å². The third-order valence-electron chi connectivity index (χ3n) is 3.81. The van der Waals surface area contributed by atoms with Crippen molar-refractivity contribution >= 4 is 12.3 Å². The van der Waals surface area contributed by atoms with Gasteiger partial charge in [0.15, 0.2) is 0 Å². The molecule has 2 rings (SSSR count). The van der Waals surface area contributed by atoms with Gasteiger partial charge in [-0.15, -0.1) is 4.91 Å². The molecule has 1 aliphatic rings. The summed E-state index contributed by atoms with van der Waals surface area (Å²) in [6.45, 7) is 2.13. The number of benzene rings is 1. The molecule has 1 fully saturated rings. The van der Waals surface area contributed by atoms with Gasteiger partial charge in [0, 0.05) is 32.3 Å². The van der Waals surface area contributed by atoms with E-state index < -0.39 is 11.7 Å². The van der Waals surface area contributed by atoms with Crippen LogP contribution in [-0.2, 0) is 20.7 Å². The van der Waals surface area contributed by atoms with Crippen LogP contribution in [0.5, 0.6) is 11.5 Å². The predicted molar refractivity (Wildman–Crippen MR) is 86.0 cm³/mol. The number of nitroso groups, excluding NO2 is 1. The zero-order valence-corrected chi connectivity index (χ0v) is 13.7. The van der Waals surface area contributed by atoms with E-state index in [-0.39, 0.29) is 0 Å². The molecule has 1 aromatic carbocycles. The predicted octanol–water partition coefficient (Wildman–Crippen LogP) is 2.79. The fraction of sp³-hybridized carbons (Fsp3) is 0.529. The summed E-state index contributed by atoms with van der Waals surface area (Å²) in [5, 5.41) is 3.15. The van der Waals surface area contributed by atoms with Gasteiger partial charge in [-0.3, -0.25) is 4.79 Å². The summed E-state index contributed by atoms with van der Waals surface area (Å²) < 4.78 is 16.3. The normalized spacial score (nSPS) is 16.2. The minimum absolute atomic E-state index is 0.374. The smallest absolute Gasteiger partial charge is 0.308 e. The summed E-state index contributed by atoms with van der Waals surface area (Å²) in [6, 6.07) is 5.07. The molecule has 0 bridgehead atoms. The lowest BCUT2D eigenvalue weighted by molar-refractivity contribution is -0.132. The Kier molecular flexibility index (Phi) is 6.43. The van der Waals surface area contributed by atoms with Crippen LogP contribution in [0.2, 0.25) is 0 Å². The van der Waals surface area contributed by atoms with Gasteiger partial charge >= 0.3 is 5.97 Å². The SMILES string of the molecule is CC(=O)Oc1cc(OC2(N=O)CCOCC2)ccc1CCCC=O. The summed E-state index contributed by atoms with van der Waals surface area (Å²) in [5.74, 6) is 0.337. The van der Waals surface area contributed by atoms with E-state index >= 15 is 0 Å². The Morgan fingerprint density at radius 3 is 2.75 bits per heavy atom. The monoisotopic (exact) mass is 335 g/mol. The highest BCUT2D eigenvalue weighted by atomic mass is 16.5. The molecule has 0 aromatic heterocycles. The molecule has 24 heavy (non-hydrogen) atoms. The van der Waals surface area contributed by atoms with Crippen LogP contribution in [0, 0.1) is 4.91 Å². The molecule has 0 atom stereocenters. The van der Waals surface area contributed by atoms with Gasteiger partial charge in [-0.05, 0) is 29.6 Å². The molecule has 0 saturated carbocycles. The Morgan fingerprint density at radius 1 is 1.38 bits per heavy atom. The van der Waals surface area contributed by atoms with Gasteiger partial charge in [0.2, 0.25) is 5.72 Å². The number of nitrogens with zero attached hydrogens (tertiary/aromatic N) is 1. The second kappa shape index (κ2) is 8.54. The summed E-state index contributed by atoms with van der Waals surface area (Å²) in [7, 11) is 0. The average molecular weight is 335 g/mol. The standard InChI is InChI=1S/C17H21NO6/c1-13(20)23-16-12-15(6-5-14(16)4-2-3-9-19)24-17(18-21)7-10-22-11-8-17/h5-6,9,12H,2-4,7-8,10-11H2,1H3. The number of ether oxygens (including phenoxy) is 3. The van der Waals surface area contributed by atoms with Crippen molar-refractivity contribution in [3.63, 3.8) is 0 Å². The molecule has 7 nitrogen and oxygen atoms in total. The third kappa shape index (κ3) is 4.86. The van der Waals surface area contributed by atoms with E-state index in [4.69, 9.17) is 14.2 Å². The van der Waals surface area contributed by atoms with Crippen LogP contribution in [0.3, 0.4) is 0 Å². The first-order chi connectivity index (χ1) is 11.6. The fourth-order valence-electron chi connectivity index (χ4n) is 2.55. The third-order valence-corrected chi connectivity index (χ3v) is 3.81. The highest BCUT2D eigenvalue weighted by molar-refractivity contribution is 5.70. The first-order valence-electron chi connectivity index (χ1n) is 7.95. The van der Waals surface area contributed by atoms with Crippen molar-refractivity contribution in [2.75, 3.05) is 13.2 Å². The van der Waals surface area contributed by atoms with E-state index in [1.54, 1.807) is 18.2 Å². The van der Waals surface area contributed by atoms with E-state index in [0.29, 0.717) is 56.8 Å². The van der Waals surface area contributed by atoms with Crippen molar-refractivity contribution in [3.05, 3.63) is 28.7 Å². The Hall–Kier alpha value is -2.28. The zero-order chi connectivity index (χ0) is 17.4. The zero-order valence-electron chi connectivity index (χ0n) is 13.7. The molecule has 0 unspecified atom stereocenters. The van der Waals surface area contributed by atoms with Crippen molar-refractivity contribution in [2.45, 2.75) is 44.8 Å². The Labute approximate surface area is 140 Å². The largest absolute Gasteiger partial charge is 0.462 e. The fourth-order valence-corrected chi connectivity index (χ4v) is 2.55. The maximum absolute atomic E-state index is 11.3. The lowest BCUT2D eigenvalue weighted by Gasteiger charge is -2.31. The van der Waals surface area contributed by atoms with Gasteiger partial charge in [0.05, 0.1) is 13.2 Å². The van der Waals surface area contributed by atoms with Crippen LogP contribution in [-0.4, -0.2) is 31.2 Å². The molecule has 0 radical (unpaired) electrons. The topological polar surface area (TPSA) is 91.3 Å². The maximum Gasteiger partial charge on any atom is 0.308 e. The van der Waals surface area contributed by atoms with Gasteiger partial charge in [-0.25, -0.2) is 0 Å². The van der Waals surface area contributed by atoms with Gasteiger partial charge < -0.3 is 19.0 Å². The molecule has 7 heteroatoms. The maximum atomic E-state index is 11.3. The van der Waals surface area contributed by atoms with E-state index in [1.165, 1.54) is 6.92 Å². The summed E-state index contributed by atoms with van der Waals surface area (Å²) >= 11 is 0. The van der Waals surface area contributed by atoms with Crippen molar-refractivity contribution in [2.24, 2.45) is 5.18 Å². The number of aldehydes is 1. The van der Waals surface area contributed by atoms with E-state index in [9.17, 15) is 14.5 Å². The molecule has 1 heterocycles. The highest BCUT2D eigenvalue weighted by Gasteiger charge is 2.36. The second-order valence-electron chi connectivity index (χ2n) is 5.67. The number of esters is 1. The molecule has 0 N–H and O–H groups in total. The van der Waals surface area contributed by atoms with Crippen LogP contribution in [0.1, 0.15) is 38.2 Å². The van der Waals surface area contributed by atoms with Crippen molar-refractivity contribution < 1.29 is 23.8 Å². The molecule has 0 spiro atoms. The molecule has 1 saturated heterocycles. The Bertz CT molecular complexity index is 595. The number of aryl methyl sites for hydroxylation is 1. The van der Waals surface area contributed by atoms with Crippen LogP contribution < -0.4 is 9.47 Å². The summed E-state index contributed by atoms with van der Waals surface area (Å²) in [4.78, 5) is 33.0. The molecule has 130 valence electrons. The van der Waals surface area contributed by atoms with Gasteiger partial charge in [0.1, 0.15) is 17.8 Å². The summed E-state index contributed by atoms with van der Waals surface area (Å²) in [5.41, 5.74) is -0.343. The first-order valence-corrected chi connectivity index (χ1v) is 7.95. The first kappa shape index (κ1) is 18.1. The highest BCUT2D eigenvalue weighted by Crippen LogP contribution is 2.33. The number of hydrogen-bond acceptors (Lipinski definition) is 7. The molecular weight excluding hydrogens is 314 g/mol. The van der Waals surface area contributed by atoms with Crippen LogP contribution in [0.4, 0.5) is 0 Å². The molecular formula is C17H21NO6. The second-order valence-corrected chi connectivity index (χ2v) is 5.67. The van der Waals surface area contributed by atoms with Gasteiger partial charge in [0.25, 0.3) is 0 Å². The lowest BCUT2D eigenvalue weighted by Crippen LogP contribution is -2.39. The van der Waals surface area contributed by atoms with Crippen LogP contribution in [0.25, 0.3) is 0 Å². The minimum atomic E-state index is -1.15. The van der Waals surface area contributed by atoms with Gasteiger partial charge in [-0.2, -0.15) is 0 Å². The number of unbranched alkanes of at least 4 members (excludes halogenated alkanes) is 1. The quantitative estimate of drug-likeness (QED) is 0.238. The summed E-state index contributed by atoms with van der Waals surface area (Å²) in [6.07, 6.45) is 3.31.